The predicted molar refractivity (Wildman–Crippen MR) is 94.7 cm³/mol. The monoisotopic (exact) mass is 361 g/mol. The molecule has 0 spiro atoms. The van der Waals surface area contributed by atoms with Crippen LogP contribution in [0, 0.1) is 13.8 Å². The van der Waals surface area contributed by atoms with Crippen LogP contribution in [0.4, 0.5) is 0 Å². The first kappa shape index (κ1) is 17.2. The lowest BCUT2D eigenvalue weighted by Gasteiger charge is -2.06. The van der Waals surface area contributed by atoms with E-state index in [1.807, 2.05) is 19.9 Å². The summed E-state index contributed by atoms with van der Waals surface area (Å²) in [7, 11) is 3.10. The van der Waals surface area contributed by atoms with Crippen molar-refractivity contribution >= 4 is 28.2 Å². The molecule has 0 saturated carbocycles. The minimum Gasteiger partial charge on any atom is -0.493 e. The van der Waals surface area contributed by atoms with E-state index in [0.29, 0.717) is 30.0 Å². The van der Waals surface area contributed by atoms with Crippen LogP contribution in [0.1, 0.15) is 26.1 Å². The van der Waals surface area contributed by atoms with Crippen molar-refractivity contribution in [1.82, 2.24) is 15.5 Å². The maximum Gasteiger partial charge on any atom is 0.287 e. The van der Waals surface area contributed by atoms with E-state index in [-0.39, 0.29) is 11.7 Å². The van der Waals surface area contributed by atoms with Gasteiger partial charge in [0.25, 0.3) is 5.91 Å². The molecule has 0 aliphatic heterocycles. The molecule has 3 rings (SSSR count). The number of hydrogen-bond donors (Lipinski definition) is 1. The quantitative estimate of drug-likeness (QED) is 0.726. The number of benzene rings is 1. The third-order valence-corrected chi connectivity index (χ3v) is 4.75. The van der Waals surface area contributed by atoms with Crippen LogP contribution in [0.15, 0.2) is 16.5 Å². The van der Waals surface area contributed by atoms with Crippen molar-refractivity contribution in [2.45, 2.75) is 20.3 Å². The van der Waals surface area contributed by atoms with Crippen LogP contribution in [-0.4, -0.2) is 36.9 Å². The summed E-state index contributed by atoms with van der Waals surface area (Å²) in [6, 6.07) is 3.65. The standard InChI is InChI=1S/C17H19N3O4S/c1-9-11-5-6-12(22-3)16(23-4)15(11)24-14(9)17(21)18-8-7-13-20-19-10(2)25-13/h5-6H,7-8H2,1-4H3,(H,18,21). The number of nitrogens with one attached hydrogen (secondary N) is 1. The molecule has 0 atom stereocenters. The SMILES string of the molecule is COc1ccc2c(C)c(C(=O)NCCc3nnc(C)s3)oc2c1OC. The van der Waals surface area contributed by atoms with E-state index in [0.717, 1.165) is 21.0 Å². The van der Waals surface area contributed by atoms with E-state index < -0.39 is 0 Å². The molecular weight excluding hydrogens is 342 g/mol. The minimum atomic E-state index is -0.268. The van der Waals surface area contributed by atoms with Gasteiger partial charge in [0.2, 0.25) is 5.75 Å². The van der Waals surface area contributed by atoms with Crippen LogP contribution in [-0.2, 0) is 6.42 Å². The molecule has 1 amide bonds. The first-order valence-corrected chi connectivity index (χ1v) is 8.58. The van der Waals surface area contributed by atoms with Crippen molar-refractivity contribution in [3.05, 3.63) is 33.5 Å². The third kappa shape index (κ3) is 3.30. The second kappa shape index (κ2) is 7.10. The lowest BCUT2D eigenvalue weighted by atomic mass is 10.1. The maximum atomic E-state index is 12.5. The van der Waals surface area contributed by atoms with Gasteiger partial charge in [-0.3, -0.25) is 4.79 Å². The van der Waals surface area contributed by atoms with E-state index >= 15 is 0 Å². The van der Waals surface area contributed by atoms with Gasteiger partial charge in [0.1, 0.15) is 10.0 Å². The van der Waals surface area contributed by atoms with Gasteiger partial charge >= 0.3 is 0 Å². The molecule has 3 aromatic rings. The summed E-state index contributed by atoms with van der Waals surface area (Å²) in [4.78, 5) is 12.5. The third-order valence-electron chi connectivity index (χ3n) is 3.85. The fraction of sp³-hybridized carbons (Fsp3) is 0.353. The number of furan rings is 1. The summed E-state index contributed by atoms with van der Waals surface area (Å²) in [6.45, 7) is 4.21. The average Bonchev–Trinajstić information content (AvgIpc) is 3.17. The number of carbonyl (C=O) groups is 1. The molecule has 0 unspecified atom stereocenters. The lowest BCUT2D eigenvalue weighted by Crippen LogP contribution is -2.25. The molecule has 0 radical (unpaired) electrons. The van der Waals surface area contributed by atoms with Gasteiger partial charge in [-0.05, 0) is 26.0 Å². The Morgan fingerprint density at radius 2 is 2.04 bits per heavy atom. The van der Waals surface area contributed by atoms with E-state index in [1.54, 1.807) is 20.3 Å². The van der Waals surface area contributed by atoms with E-state index in [4.69, 9.17) is 13.9 Å². The highest BCUT2D eigenvalue weighted by Gasteiger charge is 2.21. The molecule has 8 heteroatoms. The largest absolute Gasteiger partial charge is 0.493 e. The van der Waals surface area contributed by atoms with Crippen LogP contribution in [0.2, 0.25) is 0 Å². The summed E-state index contributed by atoms with van der Waals surface area (Å²) < 4.78 is 16.4. The molecule has 7 nitrogen and oxygen atoms in total. The molecule has 0 aliphatic carbocycles. The van der Waals surface area contributed by atoms with Gasteiger partial charge in [0.15, 0.2) is 17.1 Å². The second-order valence-electron chi connectivity index (χ2n) is 5.45. The molecule has 0 bridgehead atoms. The Kier molecular flexibility index (Phi) is 4.89. The molecule has 0 fully saturated rings. The molecule has 2 aromatic heterocycles. The van der Waals surface area contributed by atoms with Gasteiger partial charge < -0.3 is 19.2 Å². The molecule has 1 aromatic carbocycles. The normalized spacial score (nSPS) is 10.9. The van der Waals surface area contributed by atoms with Crippen molar-refractivity contribution in [3.63, 3.8) is 0 Å². The van der Waals surface area contributed by atoms with Gasteiger partial charge in [0.05, 0.1) is 14.2 Å². The number of ether oxygens (including phenoxy) is 2. The Hall–Kier alpha value is -2.61. The lowest BCUT2D eigenvalue weighted by molar-refractivity contribution is 0.0927. The van der Waals surface area contributed by atoms with E-state index in [9.17, 15) is 4.79 Å². The maximum absolute atomic E-state index is 12.5. The molecule has 0 aliphatic rings. The molecule has 25 heavy (non-hydrogen) atoms. The number of nitrogens with zero attached hydrogens (tertiary/aromatic N) is 2. The topological polar surface area (TPSA) is 86.5 Å². The van der Waals surface area contributed by atoms with Crippen LogP contribution < -0.4 is 14.8 Å². The number of carbonyl (C=O) groups excluding carboxylic acids is 1. The fourth-order valence-corrected chi connectivity index (χ4v) is 3.32. The zero-order valence-electron chi connectivity index (χ0n) is 14.5. The van der Waals surface area contributed by atoms with Crippen molar-refractivity contribution in [3.8, 4) is 11.5 Å². The highest BCUT2D eigenvalue weighted by atomic mass is 32.1. The zero-order valence-corrected chi connectivity index (χ0v) is 15.3. The second-order valence-corrected chi connectivity index (χ2v) is 6.72. The first-order valence-electron chi connectivity index (χ1n) is 7.76. The zero-order chi connectivity index (χ0) is 18.0. The number of amides is 1. The molecular formula is C17H19N3O4S. The molecule has 0 saturated heterocycles. The predicted octanol–water partition coefficient (Wildman–Crippen LogP) is 2.89. The summed E-state index contributed by atoms with van der Waals surface area (Å²) in [5.74, 6) is 1.04. The number of hydrogen-bond acceptors (Lipinski definition) is 7. The Bertz CT molecular complexity index is 916. The number of methoxy groups -OCH3 is 2. The van der Waals surface area contributed by atoms with E-state index in [1.165, 1.54) is 11.3 Å². The van der Waals surface area contributed by atoms with Crippen molar-refractivity contribution in [2.75, 3.05) is 20.8 Å². The number of aromatic nitrogens is 2. The summed E-state index contributed by atoms with van der Waals surface area (Å²) >= 11 is 1.52. The number of aryl methyl sites for hydroxylation is 2. The Balaban J connectivity index is 1.80. The average molecular weight is 361 g/mol. The van der Waals surface area contributed by atoms with Gasteiger partial charge in [-0.15, -0.1) is 21.5 Å². The van der Waals surface area contributed by atoms with Crippen molar-refractivity contribution in [2.24, 2.45) is 0 Å². The van der Waals surface area contributed by atoms with Gasteiger partial charge in [-0.1, -0.05) is 0 Å². The number of rotatable bonds is 6. The Morgan fingerprint density at radius 1 is 1.24 bits per heavy atom. The smallest absolute Gasteiger partial charge is 0.287 e. The van der Waals surface area contributed by atoms with Gasteiger partial charge in [-0.25, -0.2) is 0 Å². The van der Waals surface area contributed by atoms with Crippen LogP contribution in [0.25, 0.3) is 11.0 Å². The Morgan fingerprint density at radius 3 is 2.68 bits per heavy atom. The number of fused-ring (bicyclic) bond motifs is 1. The van der Waals surface area contributed by atoms with Crippen molar-refractivity contribution in [1.29, 1.82) is 0 Å². The summed E-state index contributed by atoms with van der Waals surface area (Å²) in [6.07, 6.45) is 0.633. The van der Waals surface area contributed by atoms with Crippen LogP contribution >= 0.6 is 11.3 Å². The Labute approximate surface area is 149 Å². The van der Waals surface area contributed by atoms with Gasteiger partial charge in [-0.2, -0.15) is 0 Å². The summed E-state index contributed by atoms with van der Waals surface area (Å²) in [5, 5.41) is 13.5. The van der Waals surface area contributed by atoms with Crippen molar-refractivity contribution < 1.29 is 18.7 Å². The molecule has 132 valence electrons. The van der Waals surface area contributed by atoms with Crippen LogP contribution in [0.3, 0.4) is 0 Å². The fourth-order valence-electron chi connectivity index (χ4n) is 2.61. The first-order chi connectivity index (χ1) is 12.0. The minimum absolute atomic E-state index is 0.268. The van der Waals surface area contributed by atoms with Crippen LogP contribution in [0.5, 0.6) is 11.5 Å². The highest BCUT2D eigenvalue weighted by molar-refractivity contribution is 7.11. The molecule has 1 N–H and O–H groups in total. The van der Waals surface area contributed by atoms with Gasteiger partial charge in [0, 0.05) is 23.9 Å². The molecule has 2 heterocycles. The summed E-state index contributed by atoms with van der Waals surface area (Å²) in [5.41, 5.74) is 1.27. The highest BCUT2D eigenvalue weighted by Crippen LogP contribution is 2.39. The van der Waals surface area contributed by atoms with E-state index in [2.05, 4.69) is 15.5 Å².